The van der Waals surface area contributed by atoms with Crippen LogP contribution in [0.5, 0.6) is 0 Å². The van der Waals surface area contributed by atoms with Crippen molar-refractivity contribution < 1.29 is 0 Å². The summed E-state index contributed by atoms with van der Waals surface area (Å²) in [5.41, 5.74) is 8.61. The molecule has 0 aliphatic carbocycles. The average Bonchev–Trinajstić information content (AvgIpc) is 2.62. The third-order valence-electron chi connectivity index (χ3n) is 2.59. The summed E-state index contributed by atoms with van der Waals surface area (Å²) in [4.78, 5) is 12.0. The first kappa shape index (κ1) is 10.1. The molecule has 80 valence electrons. The highest BCUT2D eigenvalue weighted by Gasteiger charge is 2.08. The van der Waals surface area contributed by atoms with Crippen LogP contribution in [0, 0.1) is 12.8 Å². The fraction of sp³-hybridized carbons (Fsp3) is 0.455. The zero-order valence-electron chi connectivity index (χ0n) is 9.12. The van der Waals surface area contributed by atoms with Gasteiger partial charge in [0.15, 0.2) is 5.65 Å². The van der Waals surface area contributed by atoms with Crippen molar-refractivity contribution in [2.75, 3.05) is 6.54 Å². The van der Waals surface area contributed by atoms with Crippen LogP contribution in [0.2, 0.25) is 0 Å². The Balaban J connectivity index is 2.35. The van der Waals surface area contributed by atoms with Crippen LogP contribution in [0.1, 0.15) is 18.3 Å². The summed E-state index contributed by atoms with van der Waals surface area (Å²) in [7, 11) is 0. The lowest BCUT2D eigenvalue weighted by Crippen LogP contribution is -2.13. The maximum Gasteiger partial charge on any atom is 0.177 e. The molecule has 4 heteroatoms. The molecular weight excluding hydrogens is 188 g/mol. The fourth-order valence-electron chi connectivity index (χ4n) is 1.59. The van der Waals surface area contributed by atoms with Crippen LogP contribution in [-0.4, -0.2) is 21.5 Å². The number of aromatic nitrogens is 3. The smallest absolute Gasteiger partial charge is 0.177 e. The molecule has 0 aliphatic heterocycles. The molecule has 0 saturated heterocycles. The van der Waals surface area contributed by atoms with E-state index in [-0.39, 0.29) is 0 Å². The predicted molar refractivity (Wildman–Crippen MR) is 60.5 cm³/mol. The topological polar surface area (TPSA) is 67.6 Å². The normalized spacial score (nSPS) is 13.3. The Morgan fingerprint density at radius 3 is 3.00 bits per heavy atom. The van der Waals surface area contributed by atoms with Crippen LogP contribution in [-0.2, 0) is 6.42 Å². The number of aryl methyl sites for hydroxylation is 1. The standard InChI is InChI=1S/C11H16N4/c1-7(6-12)5-9-14-10-8(2)3-4-13-11(10)15-9/h3-4,7H,5-6,12H2,1-2H3,(H,13,14,15). The number of nitrogens with two attached hydrogens (primary N) is 1. The monoisotopic (exact) mass is 204 g/mol. The molecule has 2 aromatic rings. The van der Waals surface area contributed by atoms with Gasteiger partial charge in [-0.2, -0.15) is 0 Å². The van der Waals surface area contributed by atoms with Gasteiger partial charge in [0, 0.05) is 12.6 Å². The largest absolute Gasteiger partial charge is 0.340 e. The van der Waals surface area contributed by atoms with Gasteiger partial charge in [0.25, 0.3) is 0 Å². The first-order valence-electron chi connectivity index (χ1n) is 5.21. The summed E-state index contributed by atoms with van der Waals surface area (Å²) in [5.74, 6) is 1.43. The van der Waals surface area contributed by atoms with E-state index in [9.17, 15) is 0 Å². The molecule has 1 unspecified atom stereocenters. The van der Waals surface area contributed by atoms with Gasteiger partial charge < -0.3 is 10.7 Å². The number of imidazole rings is 1. The molecule has 4 nitrogen and oxygen atoms in total. The average molecular weight is 204 g/mol. The van der Waals surface area contributed by atoms with Gasteiger partial charge in [0.1, 0.15) is 5.82 Å². The Kier molecular flexibility index (Phi) is 2.68. The molecule has 2 heterocycles. The van der Waals surface area contributed by atoms with Crippen molar-refractivity contribution in [2.45, 2.75) is 20.3 Å². The quantitative estimate of drug-likeness (QED) is 0.794. The third-order valence-corrected chi connectivity index (χ3v) is 2.59. The molecule has 0 aliphatic rings. The number of fused-ring (bicyclic) bond motifs is 1. The molecule has 0 fully saturated rings. The molecule has 0 aromatic carbocycles. The van der Waals surface area contributed by atoms with E-state index in [1.165, 1.54) is 5.56 Å². The van der Waals surface area contributed by atoms with Crippen LogP contribution < -0.4 is 5.73 Å². The van der Waals surface area contributed by atoms with E-state index < -0.39 is 0 Å². The number of H-pyrrole nitrogens is 1. The summed E-state index contributed by atoms with van der Waals surface area (Å²) >= 11 is 0. The minimum atomic E-state index is 0.450. The number of rotatable bonds is 3. The van der Waals surface area contributed by atoms with Crippen LogP contribution in [0.4, 0.5) is 0 Å². The Labute approximate surface area is 88.9 Å². The molecule has 2 aromatic heterocycles. The summed E-state index contributed by atoms with van der Waals surface area (Å²) in [6.07, 6.45) is 2.67. The van der Waals surface area contributed by atoms with Crippen LogP contribution in [0.25, 0.3) is 11.2 Å². The van der Waals surface area contributed by atoms with E-state index in [2.05, 4.69) is 28.8 Å². The summed E-state index contributed by atoms with van der Waals surface area (Å²) in [6, 6.07) is 1.98. The number of hydrogen-bond acceptors (Lipinski definition) is 3. The lowest BCUT2D eigenvalue weighted by Gasteiger charge is -2.03. The first-order valence-corrected chi connectivity index (χ1v) is 5.21. The number of aromatic amines is 1. The Hall–Kier alpha value is -1.42. The molecule has 2 rings (SSSR count). The van der Waals surface area contributed by atoms with Gasteiger partial charge in [0.2, 0.25) is 0 Å². The van der Waals surface area contributed by atoms with E-state index in [1.54, 1.807) is 6.20 Å². The van der Waals surface area contributed by atoms with Gasteiger partial charge in [-0.3, -0.25) is 0 Å². The van der Waals surface area contributed by atoms with Gasteiger partial charge >= 0.3 is 0 Å². The van der Waals surface area contributed by atoms with E-state index in [0.717, 1.165) is 23.4 Å². The molecule has 3 N–H and O–H groups in total. The lowest BCUT2D eigenvalue weighted by atomic mass is 10.1. The molecule has 0 bridgehead atoms. The third kappa shape index (κ3) is 1.99. The van der Waals surface area contributed by atoms with E-state index in [4.69, 9.17) is 5.73 Å². The molecular formula is C11H16N4. The lowest BCUT2D eigenvalue weighted by molar-refractivity contribution is 0.578. The Morgan fingerprint density at radius 1 is 1.53 bits per heavy atom. The Morgan fingerprint density at radius 2 is 2.33 bits per heavy atom. The molecule has 0 radical (unpaired) electrons. The van der Waals surface area contributed by atoms with E-state index in [1.807, 2.05) is 6.07 Å². The van der Waals surface area contributed by atoms with E-state index in [0.29, 0.717) is 12.5 Å². The maximum absolute atomic E-state index is 5.59. The molecule has 0 amide bonds. The van der Waals surface area contributed by atoms with Crippen molar-refractivity contribution in [2.24, 2.45) is 11.7 Å². The molecule has 0 saturated carbocycles. The van der Waals surface area contributed by atoms with Crippen LogP contribution >= 0.6 is 0 Å². The van der Waals surface area contributed by atoms with E-state index >= 15 is 0 Å². The highest BCUT2D eigenvalue weighted by molar-refractivity contribution is 5.74. The summed E-state index contributed by atoms with van der Waals surface area (Å²) < 4.78 is 0. The van der Waals surface area contributed by atoms with Gasteiger partial charge in [-0.25, -0.2) is 9.97 Å². The second kappa shape index (κ2) is 3.98. The molecule has 0 spiro atoms. The van der Waals surface area contributed by atoms with Crippen molar-refractivity contribution in [3.05, 3.63) is 23.7 Å². The zero-order valence-corrected chi connectivity index (χ0v) is 9.12. The zero-order chi connectivity index (χ0) is 10.8. The van der Waals surface area contributed by atoms with Crippen molar-refractivity contribution in [1.29, 1.82) is 0 Å². The van der Waals surface area contributed by atoms with Gasteiger partial charge in [-0.05, 0) is 31.0 Å². The highest BCUT2D eigenvalue weighted by Crippen LogP contribution is 2.14. The van der Waals surface area contributed by atoms with Crippen LogP contribution in [0.15, 0.2) is 12.3 Å². The number of nitrogens with one attached hydrogen (secondary N) is 1. The fourth-order valence-corrected chi connectivity index (χ4v) is 1.59. The minimum Gasteiger partial charge on any atom is -0.340 e. The van der Waals surface area contributed by atoms with Gasteiger partial charge in [-0.15, -0.1) is 0 Å². The number of nitrogens with zero attached hydrogens (tertiary/aromatic N) is 2. The van der Waals surface area contributed by atoms with Crippen molar-refractivity contribution in [3.8, 4) is 0 Å². The van der Waals surface area contributed by atoms with Crippen LogP contribution in [0.3, 0.4) is 0 Å². The maximum atomic E-state index is 5.59. The molecule has 1 atom stereocenters. The predicted octanol–water partition coefficient (Wildman–Crippen LogP) is 1.40. The molecule has 15 heavy (non-hydrogen) atoms. The number of hydrogen-bond donors (Lipinski definition) is 2. The second-order valence-corrected chi connectivity index (χ2v) is 4.05. The highest BCUT2D eigenvalue weighted by atomic mass is 15.0. The Bertz CT molecular complexity index is 461. The van der Waals surface area contributed by atoms with Gasteiger partial charge in [0.05, 0.1) is 5.52 Å². The number of pyridine rings is 1. The van der Waals surface area contributed by atoms with Gasteiger partial charge in [-0.1, -0.05) is 6.92 Å². The first-order chi connectivity index (χ1) is 7.20. The van der Waals surface area contributed by atoms with Crippen molar-refractivity contribution >= 4 is 11.2 Å². The summed E-state index contributed by atoms with van der Waals surface area (Å²) in [5, 5.41) is 0. The minimum absolute atomic E-state index is 0.450. The SMILES string of the molecule is Cc1ccnc2nc(CC(C)CN)[nH]c12. The second-order valence-electron chi connectivity index (χ2n) is 4.05. The summed E-state index contributed by atoms with van der Waals surface area (Å²) in [6.45, 7) is 4.86. The van der Waals surface area contributed by atoms with Crippen molar-refractivity contribution in [3.63, 3.8) is 0 Å². The van der Waals surface area contributed by atoms with Crippen molar-refractivity contribution in [1.82, 2.24) is 15.0 Å².